The van der Waals surface area contributed by atoms with Gasteiger partial charge in [0, 0.05) is 25.5 Å². The highest BCUT2D eigenvalue weighted by atomic mass is 79.9. The lowest BCUT2D eigenvalue weighted by Crippen LogP contribution is -2.40. The Morgan fingerprint density at radius 2 is 2.00 bits per heavy atom. The Bertz CT molecular complexity index is 577. The molecule has 1 amide bonds. The van der Waals surface area contributed by atoms with Gasteiger partial charge in [-0.1, -0.05) is 0 Å². The Morgan fingerprint density at radius 1 is 1.33 bits per heavy atom. The highest BCUT2D eigenvalue weighted by Gasteiger charge is 2.31. The van der Waals surface area contributed by atoms with Crippen molar-refractivity contribution < 1.29 is 18.0 Å². The average molecular weight is 429 g/mol. The van der Waals surface area contributed by atoms with Gasteiger partial charge in [-0.05, 0) is 35.0 Å². The van der Waals surface area contributed by atoms with Crippen molar-refractivity contribution in [2.24, 2.45) is 4.99 Å². The van der Waals surface area contributed by atoms with Gasteiger partial charge < -0.3 is 15.1 Å². The number of likely N-dealkylation sites (N-methyl/N-ethyl adjacent to an activating group) is 1. The lowest BCUT2D eigenvalue weighted by molar-refractivity contribution is -0.157. The molecule has 1 N–H and O–H groups in total. The fourth-order valence-corrected chi connectivity index (χ4v) is 3.37. The summed E-state index contributed by atoms with van der Waals surface area (Å²) in [6.45, 7) is 1.42. The predicted molar refractivity (Wildman–Crippen MR) is 93.2 cm³/mol. The Hall–Kier alpha value is -1.29. The van der Waals surface area contributed by atoms with E-state index in [1.807, 2.05) is 24.0 Å². The number of nitrogens with zero attached hydrogens (tertiary/aromatic N) is 3. The van der Waals surface area contributed by atoms with E-state index in [2.05, 4.69) is 26.2 Å². The number of halogens is 4. The van der Waals surface area contributed by atoms with E-state index in [0.717, 1.165) is 15.7 Å². The fraction of sp³-hybridized carbons (Fsp3) is 0.571. The number of thiophene rings is 1. The molecule has 0 aliphatic carbocycles. The molecular weight excluding hydrogens is 409 g/mol. The zero-order chi connectivity index (χ0) is 18.3. The summed E-state index contributed by atoms with van der Waals surface area (Å²) in [6.07, 6.45) is -4.41. The molecule has 10 heteroatoms. The summed E-state index contributed by atoms with van der Waals surface area (Å²) < 4.78 is 37.9. The predicted octanol–water partition coefficient (Wildman–Crippen LogP) is 2.93. The second kappa shape index (κ2) is 9.26. The van der Waals surface area contributed by atoms with E-state index in [-0.39, 0.29) is 6.54 Å². The molecule has 0 unspecified atom stereocenters. The zero-order valence-electron chi connectivity index (χ0n) is 13.7. The van der Waals surface area contributed by atoms with Crippen molar-refractivity contribution in [3.05, 3.63) is 20.8 Å². The summed E-state index contributed by atoms with van der Waals surface area (Å²) in [6, 6.07) is 3.91. The number of carbonyl (C=O) groups excluding carboxylic acids is 1. The van der Waals surface area contributed by atoms with Crippen LogP contribution >= 0.6 is 27.3 Å². The third kappa shape index (κ3) is 7.52. The van der Waals surface area contributed by atoms with Crippen LogP contribution in [0.2, 0.25) is 0 Å². The van der Waals surface area contributed by atoms with Crippen LogP contribution in [0.15, 0.2) is 20.9 Å². The summed E-state index contributed by atoms with van der Waals surface area (Å²) in [4.78, 5) is 19.5. The second-order valence-electron chi connectivity index (χ2n) is 5.10. The maximum atomic E-state index is 12.3. The minimum atomic E-state index is -4.41. The van der Waals surface area contributed by atoms with E-state index in [4.69, 9.17) is 0 Å². The smallest absolute Gasteiger partial charge is 0.357 e. The summed E-state index contributed by atoms with van der Waals surface area (Å²) in [7, 11) is 2.92. The van der Waals surface area contributed by atoms with Gasteiger partial charge >= 0.3 is 6.18 Å². The first-order valence-corrected chi connectivity index (χ1v) is 8.77. The van der Waals surface area contributed by atoms with Crippen LogP contribution in [0.4, 0.5) is 13.2 Å². The van der Waals surface area contributed by atoms with Crippen LogP contribution in [0.3, 0.4) is 0 Å². The highest BCUT2D eigenvalue weighted by molar-refractivity contribution is 9.11. The first-order chi connectivity index (χ1) is 11.1. The fourth-order valence-electron chi connectivity index (χ4n) is 1.84. The van der Waals surface area contributed by atoms with Crippen LogP contribution in [0.5, 0.6) is 0 Å². The molecule has 136 valence electrons. The molecule has 0 spiro atoms. The lowest BCUT2D eigenvalue weighted by Gasteiger charge is -2.22. The SMILES string of the molecule is CCNC(=NCC(=O)N(C)CC(F)(F)F)N(C)Cc1ccc(Br)s1. The summed E-state index contributed by atoms with van der Waals surface area (Å²) >= 11 is 4.97. The lowest BCUT2D eigenvalue weighted by atomic mass is 10.4. The number of guanidine groups is 1. The van der Waals surface area contributed by atoms with Gasteiger partial charge in [0.25, 0.3) is 0 Å². The molecule has 0 atom stereocenters. The van der Waals surface area contributed by atoms with Gasteiger partial charge in [0.05, 0.1) is 10.3 Å². The first-order valence-electron chi connectivity index (χ1n) is 7.16. The molecule has 0 bridgehead atoms. The van der Waals surface area contributed by atoms with Crippen molar-refractivity contribution in [1.29, 1.82) is 0 Å². The van der Waals surface area contributed by atoms with Gasteiger partial charge in [-0.2, -0.15) is 13.2 Å². The molecule has 1 rings (SSSR count). The molecule has 0 fully saturated rings. The normalized spacial score (nSPS) is 12.2. The van der Waals surface area contributed by atoms with E-state index in [9.17, 15) is 18.0 Å². The largest absolute Gasteiger partial charge is 0.406 e. The molecule has 0 aliphatic heterocycles. The molecule has 24 heavy (non-hydrogen) atoms. The summed E-state index contributed by atoms with van der Waals surface area (Å²) in [5.41, 5.74) is 0. The Labute approximate surface area is 151 Å². The molecule has 5 nitrogen and oxygen atoms in total. The van der Waals surface area contributed by atoms with Gasteiger partial charge in [0.2, 0.25) is 5.91 Å². The van der Waals surface area contributed by atoms with Crippen LogP contribution in [0.25, 0.3) is 0 Å². The summed E-state index contributed by atoms with van der Waals surface area (Å²) in [5.74, 6) is -0.217. The van der Waals surface area contributed by atoms with Crippen molar-refractivity contribution >= 4 is 39.1 Å². The number of aliphatic imine (C=N–C) groups is 1. The van der Waals surface area contributed by atoms with Gasteiger partial charge in [0.1, 0.15) is 13.1 Å². The van der Waals surface area contributed by atoms with Crippen molar-refractivity contribution in [3.8, 4) is 0 Å². The molecular formula is C14H20BrF3N4OS. The number of amides is 1. The standard InChI is InChI=1S/C14H20BrF3N4OS/c1-4-19-13(21(2)8-10-5-6-11(15)24-10)20-7-12(23)22(3)9-14(16,17)18/h5-6H,4,7-9H2,1-3H3,(H,19,20). The molecule has 0 aliphatic rings. The molecule has 0 aromatic carbocycles. The van der Waals surface area contributed by atoms with Crippen LogP contribution in [-0.2, 0) is 11.3 Å². The van der Waals surface area contributed by atoms with E-state index < -0.39 is 18.6 Å². The van der Waals surface area contributed by atoms with Crippen LogP contribution in [-0.4, -0.2) is 61.6 Å². The van der Waals surface area contributed by atoms with E-state index >= 15 is 0 Å². The van der Waals surface area contributed by atoms with Crippen molar-refractivity contribution in [2.75, 3.05) is 33.7 Å². The number of alkyl halides is 3. The van der Waals surface area contributed by atoms with Gasteiger partial charge in [-0.3, -0.25) is 4.79 Å². The van der Waals surface area contributed by atoms with E-state index in [1.165, 1.54) is 0 Å². The third-order valence-electron chi connectivity index (χ3n) is 2.92. The van der Waals surface area contributed by atoms with Gasteiger partial charge in [-0.25, -0.2) is 4.99 Å². The maximum Gasteiger partial charge on any atom is 0.406 e. The van der Waals surface area contributed by atoms with Crippen LogP contribution in [0.1, 0.15) is 11.8 Å². The number of carbonyl (C=O) groups is 1. The first kappa shape index (κ1) is 20.8. The Morgan fingerprint density at radius 3 is 2.50 bits per heavy atom. The van der Waals surface area contributed by atoms with Gasteiger partial charge in [-0.15, -0.1) is 11.3 Å². The topological polar surface area (TPSA) is 47.9 Å². The summed E-state index contributed by atoms with van der Waals surface area (Å²) in [5, 5.41) is 3.03. The second-order valence-corrected chi connectivity index (χ2v) is 7.64. The van der Waals surface area contributed by atoms with Gasteiger partial charge in [0.15, 0.2) is 5.96 Å². The molecule has 1 aromatic heterocycles. The molecule has 0 radical (unpaired) electrons. The number of hydrogen-bond donors (Lipinski definition) is 1. The van der Waals surface area contributed by atoms with Crippen molar-refractivity contribution in [2.45, 2.75) is 19.6 Å². The number of hydrogen-bond acceptors (Lipinski definition) is 3. The average Bonchev–Trinajstić information content (AvgIpc) is 2.86. The van der Waals surface area contributed by atoms with Crippen molar-refractivity contribution in [3.63, 3.8) is 0 Å². The zero-order valence-corrected chi connectivity index (χ0v) is 16.1. The number of rotatable bonds is 6. The van der Waals surface area contributed by atoms with E-state index in [0.29, 0.717) is 23.9 Å². The molecule has 0 saturated heterocycles. The highest BCUT2D eigenvalue weighted by Crippen LogP contribution is 2.23. The molecule has 1 aromatic rings. The van der Waals surface area contributed by atoms with Crippen LogP contribution in [0, 0.1) is 0 Å². The number of nitrogens with one attached hydrogen (secondary N) is 1. The maximum absolute atomic E-state index is 12.3. The van der Waals surface area contributed by atoms with Crippen molar-refractivity contribution in [1.82, 2.24) is 15.1 Å². The molecule has 1 heterocycles. The quantitative estimate of drug-likeness (QED) is 0.559. The minimum Gasteiger partial charge on any atom is -0.357 e. The third-order valence-corrected chi connectivity index (χ3v) is 4.53. The Kier molecular flexibility index (Phi) is 8.01. The Balaban J connectivity index is 2.68. The monoisotopic (exact) mass is 428 g/mol. The molecule has 0 saturated carbocycles. The minimum absolute atomic E-state index is 0.340. The van der Waals surface area contributed by atoms with Crippen LogP contribution < -0.4 is 5.32 Å². The van der Waals surface area contributed by atoms with E-state index in [1.54, 1.807) is 18.4 Å².